The lowest BCUT2D eigenvalue weighted by Crippen LogP contribution is -1.84. The lowest BCUT2D eigenvalue weighted by atomic mass is 10.1. The third kappa shape index (κ3) is 1.64. The zero-order valence-electron chi connectivity index (χ0n) is 10.4. The van der Waals surface area contributed by atoms with E-state index in [-0.39, 0.29) is 5.88 Å². The lowest BCUT2D eigenvalue weighted by Gasteiger charge is -1.99. The number of hydrogen-bond donors (Lipinski definition) is 1. The number of aromatic hydroxyl groups is 1. The van der Waals surface area contributed by atoms with Crippen molar-refractivity contribution in [3.63, 3.8) is 0 Å². The summed E-state index contributed by atoms with van der Waals surface area (Å²) >= 11 is 0. The minimum atomic E-state index is 0.192. The summed E-state index contributed by atoms with van der Waals surface area (Å²) in [4.78, 5) is 4.47. The molecule has 1 aromatic carbocycles. The highest BCUT2D eigenvalue weighted by atomic mass is 16.3. The van der Waals surface area contributed by atoms with Gasteiger partial charge in [-0.25, -0.2) is 4.98 Å². The zero-order chi connectivity index (χ0) is 12.7. The molecule has 90 valence electrons. The van der Waals surface area contributed by atoms with Gasteiger partial charge in [0.1, 0.15) is 11.3 Å². The fraction of sp³-hybridized carbons (Fsp3) is 0.133. The van der Waals surface area contributed by atoms with Crippen LogP contribution >= 0.6 is 0 Å². The Balaban J connectivity index is 2.23. The minimum absolute atomic E-state index is 0.192. The van der Waals surface area contributed by atoms with Crippen LogP contribution in [0.3, 0.4) is 0 Å². The third-order valence-corrected chi connectivity index (χ3v) is 3.07. The molecular formula is C15H14N2O. The standard InChI is InChI=1S/C15H14N2O/c1-10-3-6-12(7-4-10)14-15(18)17-9-11(2)5-8-13(17)16-14/h3-9,18H,1-2H3. The highest BCUT2D eigenvalue weighted by molar-refractivity contribution is 5.69. The predicted molar refractivity (Wildman–Crippen MR) is 71.8 cm³/mol. The molecule has 0 atom stereocenters. The third-order valence-electron chi connectivity index (χ3n) is 3.07. The Morgan fingerprint density at radius 1 is 0.944 bits per heavy atom. The molecule has 0 saturated heterocycles. The second-order valence-corrected chi connectivity index (χ2v) is 4.58. The van der Waals surface area contributed by atoms with Gasteiger partial charge in [-0.15, -0.1) is 0 Å². The number of benzene rings is 1. The van der Waals surface area contributed by atoms with Crippen LogP contribution in [0.2, 0.25) is 0 Å². The van der Waals surface area contributed by atoms with Gasteiger partial charge in [-0.05, 0) is 25.5 Å². The van der Waals surface area contributed by atoms with Gasteiger partial charge in [-0.2, -0.15) is 0 Å². The number of fused-ring (bicyclic) bond motifs is 1. The van der Waals surface area contributed by atoms with E-state index in [2.05, 4.69) is 4.98 Å². The first-order valence-electron chi connectivity index (χ1n) is 5.90. The molecule has 0 aliphatic heterocycles. The number of rotatable bonds is 1. The van der Waals surface area contributed by atoms with E-state index in [1.54, 1.807) is 4.40 Å². The van der Waals surface area contributed by atoms with Crippen molar-refractivity contribution in [1.82, 2.24) is 9.38 Å². The van der Waals surface area contributed by atoms with E-state index in [0.29, 0.717) is 5.69 Å². The topological polar surface area (TPSA) is 37.5 Å². The SMILES string of the molecule is Cc1ccc(-c2nc3ccc(C)cn3c2O)cc1. The average Bonchev–Trinajstić information content (AvgIpc) is 2.68. The van der Waals surface area contributed by atoms with Crippen molar-refractivity contribution in [2.24, 2.45) is 0 Å². The molecule has 0 fully saturated rings. The first kappa shape index (κ1) is 10.8. The summed E-state index contributed by atoms with van der Waals surface area (Å²) in [6.45, 7) is 4.03. The van der Waals surface area contributed by atoms with Gasteiger partial charge < -0.3 is 5.11 Å². The van der Waals surface area contributed by atoms with E-state index in [4.69, 9.17) is 0 Å². The molecule has 3 aromatic rings. The normalized spacial score (nSPS) is 11.0. The van der Waals surface area contributed by atoms with Gasteiger partial charge in [0, 0.05) is 11.8 Å². The molecule has 2 aromatic heterocycles. The van der Waals surface area contributed by atoms with Crippen LogP contribution in [0.15, 0.2) is 42.6 Å². The van der Waals surface area contributed by atoms with Crippen LogP contribution < -0.4 is 0 Å². The summed E-state index contributed by atoms with van der Waals surface area (Å²) in [5.41, 5.74) is 4.59. The molecule has 1 N–H and O–H groups in total. The molecule has 2 heterocycles. The lowest BCUT2D eigenvalue weighted by molar-refractivity contribution is 0.450. The van der Waals surface area contributed by atoms with Crippen LogP contribution in [0.25, 0.3) is 16.9 Å². The second-order valence-electron chi connectivity index (χ2n) is 4.58. The maximum atomic E-state index is 10.2. The molecule has 3 heteroatoms. The van der Waals surface area contributed by atoms with Crippen molar-refractivity contribution in [2.75, 3.05) is 0 Å². The van der Waals surface area contributed by atoms with Crippen LogP contribution in [0.5, 0.6) is 5.88 Å². The molecule has 0 bridgehead atoms. The van der Waals surface area contributed by atoms with Crippen molar-refractivity contribution < 1.29 is 5.11 Å². The Labute approximate surface area is 105 Å². The molecule has 0 amide bonds. The second kappa shape index (κ2) is 3.88. The Hall–Kier alpha value is -2.29. The number of aromatic nitrogens is 2. The van der Waals surface area contributed by atoms with Gasteiger partial charge >= 0.3 is 0 Å². The number of imidazole rings is 1. The average molecular weight is 238 g/mol. The molecule has 0 radical (unpaired) electrons. The van der Waals surface area contributed by atoms with Gasteiger partial charge in [0.25, 0.3) is 0 Å². The number of nitrogens with zero attached hydrogens (tertiary/aromatic N) is 2. The Morgan fingerprint density at radius 3 is 2.33 bits per heavy atom. The van der Waals surface area contributed by atoms with Gasteiger partial charge in [0.05, 0.1) is 0 Å². The summed E-state index contributed by atoms with van der Waals surface area (Å²) < 4.78 is 1.71. The van der Waals surface area contributed by atoms with Crippen LogP contribution in [-0.2, 0) is 0 Å². The van der Waals surface area contributed by atoms with E-state index >= 15 is 0 Å². The molecule has 0 spiro atoms. The van der Waals surface area contributed by atoms with Crippen molar-refractivity contribution in [3.8, 4) is 17.1 Å². The van der Waals surface area contributed by atoms with Crippen LogP contribution in [-0.4, -0.2) is 14.5 Å². The highest BCUT2D eigenvalue weighted by Crippen LogP contribution is 2.29. The summed E-state index contributed by atoms with van der Waals surface area (Å²) in [6, 6.07) is 11.9. The van der Waals surface area contributed by atoms with Crippen molar-refractivity contribution in [3.05, 3.63) is 53.7 Å². The monoisotopic (exact) mass is 238 g/mol. The fourth-order valence-corrected chi connectivity index (χ4v) is 2.04. The van der Waals surface area contributed by atoms with Gasteiger partial charge in [-0.3, -0.25) is 4.40 Å². The molecular weight excluding hydrogens is 224 g/mol. The number of aryl methyl sites for hydroxylation is 2. The first-order chi connectivity index (χ1) is 8.65. The Bertz CT molecular complexity index is 711. The minimum Gasteiger partial charge on any atom is -0.493 e. The maximum Gasteiger partial charge on any atom is 0.224 e. The van der Waals surface area contributed by atoms with E-state index in [0.717, 1.165) is 16.8 Å². The van der Waals surface area contributed by atoms with Crippen LogP contribution in [0.4, 0.5) is 0 Å². The molecule has 0 saturated carbocycles. The largest absolute Gasteiger partial charge is 0.493 e. The fourth-order valence-electron chi connectivity index (χ4n) is 2.04. The molecule has 0 aliphatic rings. The molecule has 0 aliphatic carbocycles. The van der Waals surface area contributed by atoms with Gasteiger partial charge in [0.2, 0.25) is 5.88 Å². The highest BCUT2D eigenvalue weighted by Gasteiger charge is 2.12. The maximum absolute atomic E-state index is 10.2. The summed E-state index contributed by atoms with van der Waals surface area (Å²) in [7, 11) is 0. The molecule has 3 rings (SSSR count). The number of pyridine rings is 1. The molecule has 18 heavy (non-hydrogen) atoms. The zero-order valence-corrected chi connectivity index (χ0v) is 10.4. The van der Waals surface area contributed by atoms with Crippen LogP contribution in [0.1, 0.15) is 11.1 Å². The predicted octanol–water partition coefficient (Wildman–Crippen LogP) is 3.32. The Morgan fingerprint density at radius 2 is 1.61 bits per heavy atom. The Kier molecular flexibility index (Phi) is 2.33. The summed E-state index contributed by atoms with van der Waals surface area (Å²) in [5, 5.41) is 10.2. The summed E-state index contributed by atoms with van der Waals surface area (Å²) in [5.74, 6) is 0.192. The molecule has 3 nitrogen and oxygen atoms in total. The number of hydrogen-bond acceptors (Lipinski definition) is 2. The van der Waals surface area contributed by atoms with Crippen LogP contribution in [0, 0.1) is 13.8 Å². The molecule has 0 unspecified atom stereocenters. The van der Waals surface area contributed by atoms with Gasteiger partial charge in [-0.1, -0.05) is 35.9 Å². The van der Waals surface area contributed by atoms with Crippen molar-refractivity contribution in [1.29, 1.82) is 0 Å². The smallest absolute Gasteiger partial charge is 0.224 e. The van der Waals surface area contributed by atoms with E-state index < -0.39 is 0 Å². The van der Waals surface area contributed by atoms with E-state index in [1.165, 1.54) is 5.56 Å². The summed E-state index contributed by atoms with van der Waals surface area (Å²) in [6.07, 6.45) is 1.88. The van der Waals surface area contributed by atoms with Crippen molar-refractivity contribution >= 4 is 5.65 Å². The van der Waals surface area contributed by atoms with Gasteiger partial charge in [0.15, 0.2) is 0 Å². The van der Waals surface area contributed by atoms with E-state index in [9.17, 15) is 5.11 Å². The van der Waals surface area contributed by atoms with E-state index in [1.807, 2.05) is 56.4 Å². The quantitative estimate of drug-likeness (QED) is 0.706. The first-order valence-corrected chi connectivity index (χ1v) is 5.90. The van der Waals surface area contributed by atoms with Crippen molar-refractivity contribution in [2.45, 2.75) is 13.8 Å².